The predicted molar refractivity (Wildman–Crippen MR) is 85.3 cm³/mol. The molecule has 1 fully saturated rings. The lowest BCUT2D eigenvalue weighted by Gasteiger charge is -2.42. The van der Waals surface area contributed by atoms with Gasteiger partial charge in [-0.3, -0.25) is 4.90 Å². The van der Waals surface area contributed by atoms with Gasteiger partial charge in [0.15, 0.2) is 0 Å². The first-order chi connectivity index (χ1) is 10.2. The Labute approximate surface area is 127 Å². The minimum Gasteiger partial charge on any atom is -0.467 e. The van der Waals surface area contributed by atoms with Crippen molar-refractivity contribution in [2.75, 3.05) is 20.1 Å². The Kier molecular flexibility index (Phi) is 4.13. The van der Waals surface area contributed by atoms with Gasteiger partial charge in [0.25, 0.3) is 0 Å². The topological polar surface area (TPSA) is 28.4 Å². The molecule has 21 heavy (non-hydrogen) atoms. The first-order valence-corrected chi connectivity index (χ1v) is 7.73. The number of hydrogen-bond acceptors (Lipinski definition) is 3. The van der Waals surface area contributed by atoms with E-state index in [1.807, 2.05) is 6.07 Å². The van der Waals surface area contributed by atoms with Gasteiger partial charge in [-0.15, -0.1) is 0 Å². The predicted octanol–water partition coefficient (Wildman–Crippen LogP) is 3.44. The lowest BCUT2D eigenvalue weighted by molar-refractivity contribution is 0.116. The Hall–Kier alpha value is -1.58. The third-order valence-corrected chi connectivity index (χ3v) is 4.80. The van der Waals surface area contributed by atoms with E-state index in [9.17, 15) is 0 Å². The Balaban J connectivity index is 1.84. The fraction of sp³-hybridized carbons (Fsp3) is 0.444. The number of benzene rings is 1. The molecule has 0 aliphatic carbocycles. The van der Waals surface area contributed by atoms with E-state index in [2.05, 4.69) is 60.6 Å². The van der Waals surface area contributed by atoms with Gasteiger partial charge in [-0.25, -0.2) is 0 Å². The molecule has 0 saturated carbocycles. The van der Waals surface area contributed by atoms with Crippen LogP contribution >= 0.6 is 0 Å². The van der Waals surface area contributed by atoms with E-state index in [0.717, 1.165) is 31.7 Å². The van der Waals surface area contributed by atoms with Gasteiger partial charge >= 0.3 is 0 Å². The third kappa shape index (κ3) is 3.04. The number of rotatable bonds is 4. The number of furan rings is 1. The molecular weight excluding hydrogens is 260 g/mol. The SMILES string of the molecule is CNC1(C)CCN(C(c2ccccc2)c2ccco2)CC1. The summed E-state index contributed by atoms with van der Waals surface area (Å²) in [7, 11) is 2.07. The van der Waals surface area contributed by atoms with Gasteiger partial charge in [-0.1, -0.05) is 30.3 Å². The van der Waals surface area contributed by atoms with Crippen LogP contribution in [0.25, 0.3) is 0 Å². The number of nitrogens with zero attached hydrogens (tertiary/aromatic N) is 1. The smallest absolute Gasteiger partial charge is 0.125 e. The third-order valence-electron chi connectivity index (χ3n) is 4.80. The molecule has 3 rings (SSSR count). The van der Waals surface area contributed by atoms with Gasteiger partial charge in [0.2, 0.25) is 0 Å². The molecule has 1 N–H and O–H groups in total. The second-order valence-corrected chi connectivity index (χ2v) is 6.18. The summed E-state index contributed by atoms with van der Waals surface area (Å²) in [4.78, 5) is 2.53. The summed E-state index contributed by atoms with van der Waals surface area (Å²) < 4.78 is 5.72. The van der Waals surface area contributed by atoms with Crippen molar-refractivity contribution in [2.24, 2.45) is 0 Å². The zero-order valence-electron chi connectivity index (χ0n) is 12.9. The molecule has 2 heterocycles. The van der Waals surface area contributed by atoms with Crippen molar-refractivity contribution in [3.05, 3.63) is 60.1 Å². The number of nitrogens with one attached hydrogen (secondary N) is 1. The first kappa shape index (κ1) is 14.4. The summed E-state index contributed by atoms with van der Waals surface area (Å²) in [6.45, 7) is 4.48. The molecule has 0 bridgehead atoms. The van der Waals surface area contributed by atoms with Gasteiger partial charge in [0, 0.05) is 18.6 Å². The van der Waals surface area contributed by atoms with E-state index >= 15 is 0 Å². The lowest BCUT2D eigenvalue weighted by atomic mass is 9.88. The molecule has 1 aromatic heterocycles. The van der Waals surface area contributed by atoms with Gasteiger partial charge in [0.05, 0.1) is 12.3 Å². The van der Waals surface area contributed by atoms with Crippen LogP contribution < -0.4 is 5.32 Å². The molecule has 1 aromatic carbocycles. The second-order valence-electron chi connectivity index (χ2n) is 6.18. The summed E-state index contributed by atoms with van der Waals surface area (Å²) in [5, 5.41) is 3.46. The quantitative estimate of drug-likeness (QED) is 0.932. The van der Waals surface area contributed by atoms with Crippen molar-refractivity contribution < 1.29 is 4.42 Å². The molecule has 1 unspecified atom stereocenters. The summed E-state index contributed by atoms with van der Waals surface area (Å²) in [6, 6.07) is 15.0. The average molecular weight is 284 g/mol. The molecule has 0 spiro atoms. The number of likely N-dealkylation sites (tertiary alicyclic amines) is 1. The lowest BCUT2D eigenvalue weighted by Crippen LogP contribution is -2.50. The second kappa shape index (κ2) is 6.04. The van der Waals surface area contributed by atoms with E-state index in [1.54, 1.807) is 6.26 Å². The van der Waals surface area contributed by atoms with E-state index in [-0.39, 0.29) is 11.6 Å². The number of piperidine rings is 1. The van der Waals surface area contributed by atoms with Crippen LogP contribution in [-0.4, -0.2) is 30.6 Å². The molecule has 3 nitrogen and oxygen atoms in total. The summed E-state index contributed by atoms with van der Waals surface area (Å²) >= 11 is 0. The maximum absolute atomic E-state index is 5.72. The monoisotopic (exact) mass is 284 g/mol. The fourth-order valence-electron chi connectivity index (χ4n) is 3.16. The van der Waals surface area contributed by atoms with Crippen LogP contribution in [0.1, 0.15) is 37.1 Å². The Morgan fingerprint density at radius 1 is 1.10 bits per heavy atom. The highest BCUT2D eigenvalue weighted by atomic mass is 16.3. The van der Waals surface area contributed by atoms with Crippen molar-refractivity contribution >= 4 is 0 Å². The van der Waals surface area contributed by atoms with Crippen LogP contribution in [0.2, 0.25) is 0 Å². The van der Waals surface area contributed by atoms with Crippen molar-refractivity contribution in [2.45, 2.75) is 31.3 Å². The van der Waals surface area contributed by atoms with E-state index in [4.69, 9.17) is 4.42 Å². The zero-order chi connectivity index (χ0) is 14.7. The van der Waals surface area contributed by atoms with E-state index in [0.29, 0.717) is 0 Å². The Morgan fingerprint density at radius 2 is 1.81 bits per heavy atom. The molecule has 2 aromatic rings. The largest absolute Gasteiger partial charge is 0.467 e. The maximum atomic E-state index is 5.72. The Bertz CT molecular complexity index is 542. The maximum Gasteiger partial charge on any atom is 0.125 e. The van der Waals surface area contributed by atoms with Crippen LogP contribution in [0.15, 0.2) is 53.1 Å². The summed E-state index contributed by atoms with van der Waals surface area (Å²) in [5.74, 6) is 1.04. The molecule has 1 atom stereocenters. The van der Waals surface area contributed by atoms with Crippen LogP contribution in [0.4, 0.5) is 0 Å². The van der Waals surface area contributed by atoms with Crippen LogP contribution in [0.5, 0.6) is 0 Å². The molecule has 112 valence electrons. The minimum atomic E-state index is 0.225. The zero-order valence-corrected chi connectivity index (χ0v) is 12.9. The molecule has 1 aliphatic rings. The van der Waals surface area contributed by atoms with Crippen LogP contribution in [-0.2, 0) is 0 Å². The van der Waals surface area contributed by atoms with Crippen molar-refractivity contribution in [1.82, 2.24) is 10.2 Å². The van der Waals surface area contributed by atoms with Crippen LogP contribution in [0, 0.1) is 0 Å². The van der Waals surface area contributed by atoms with Gasteiger partial charge in [0.1, 0.15) is 5.76 Å². The van der Waals surface area contributed by atoms with E-state index in [1.165, 1.54) is 5.56 Å². The normalized spacial score (nSPS) is 20.3. The van der Waals surface area contributed by atoms with Gasteiger partial charge in [-0.05, 0) is 44.5 Å². The Morgan fingerprint density at radius 3 is 2.38 bits per heavy atom. The average Bonchev–Trinajstić information content (AvgIpc) is 3.05. The standard InChI is InChI=1S/C18H24N2O/c1-18(19-2)10-12-20(13-11-18)17(16-9-6-14-21-16)15-7-4-3-5-8-15/h3-9,14,17,19H,10-13H2,1-2H3. The highest BCUT2D eigenvalue weighted by Gasteiger charge is 2.33. The molecule has 1 saturated heterocycles. The first-order valence-electron chi connectivity index (χ1n) is 7.73. The minimum absolute atomic E-state index is 0.225. The van der Waals surface area contributed by atoms with Gasteiger partial charge in [-0.2, -0.15) is 0 Å². The van der Waals surface area contributed by atoms with Gasteiger partial charge < -0.3 is 9.73 Å². The van der Waals surface area contributed by atoms with E-state index < -0.39 is 0 Å². The highest BCUT2D eigenvalue weighted by molar-refractivity contribution is 5.27. The van der Waals surface area contributed by atoms with Crippen molar-refractivity contribution in [3.63, 3.8) is 0 Å². The molecule has 0 amide bonds. The highest BCUT2D eigenvalue weighted by Crippen LogP contribution is 2.33. The van der Waals surface area contributed by atoms with Crippen molar-refractivity contribution in [3.8, 4) is 0 Å². The molecule has 0 radical (unpaired) electrons. The molecular formula is C18H24N2O. The molecule has 3 heteroatoms. The number of hydrogen-bond donors (Lipinski definition) is 1. The fourth-order valence-corrected chi connectivity index (χ4v) is 3.16. The summed E-state index contributed by atoms with van der Waals surface area (Å²) in [6.07, 6.45) is 4.09. The van der Waals surface area contributed by atoms with Crippen LogP contribution in [0.3, 0.4) is 0 Å². The van der Waals surface area contributed by atoms with Crippen molar-refractivity contribution in [1.29, 1.82) is 0 Å². The summed E-state index contributed by atoms with van der Waals surface area (Å²) in [5.41, 5.74) is 1.57. The molecule has 1 aliphatic heterocycles.